The van der Waals surface area contributed by atoms with Crippen LogP contribution in [0.5, 0.6) is 0 Å². The molecule has 0 spiro atoms. The molecule has 0 atom stereocenters. The molecule has 0 aromatic carbocycles. The second-order valence-electron chi connectivity index (χ2n) is 5.54. The minimum atomic E-state index is -3.78. The summed E-state index contributed by atoms with van der Waals surface area (Å²) in [4.78, 5) is 17.6. The van der Waals surface area contributed by atoms with Crippen molar-refractivity contribution in [2.45, 2.75) is 58.5 Å². The molecule has 0 saturated heterocycles. The Balaban J connectivity index is 2.98. The Morgan fingerprint density at radius 1 is 1.08 bits per heavy atom. The summed E-state index contributed by atoms with van der Waals surface area (Å²) >= 11 is 0. The molecule has 0 aliphatic carbocycles. The minimum absolute atomic E-state index is 0.312. The van der Waals surface area contributed by atoms with Crippen LogP contribution < -0.4 is 0 Å². The van der Waals surface area contributed by atoms with E-state index in [9.17, 15) is 13.2 Å². The molecule has 0 N–H and O–H groups in total. The first-order valence-electron chi connectivity index (χ1n) is 8.63. The van der Waals surface area contributed by atoms with E-state index in [0.29, 0.717) is 32.6 Å². The van der Waals surface area contributed by atoms with Gasteiger partial charge in [-0.2, -0.15) is 8.99 Å². The van der Waals surface area contributed by atoms with E-state index in [1.807, 2.05) is 20.8 Å². The molecule has 24 heavy (non-hydrogen) atoms. The highest BCUT2D eigenvalue weighted by atomic mass is 32.2. The lowest BCUT2D eigenvalue weighted by atomic mass is 10.2. The number of rotatable bonds is 10. The van der Waals surface area contributed by atoms with Crippen molar-refractivity contribution in [3.8, 4) is 0 Å². The summed E-state index contributed by atoms with van der Waals surface area (Å²) in [6.45, 7) is 9.62. The number of sulfonamides is 1. The van der Waals surface area contributed by atoms with Gasteiger partial charge in [0, 0.05) is 26.2 Å². The Morgan fingerprint density at radius 3 is 2.29 bits per heavy atom. The number of unbranched alkanes of at least 4 members (excludes halogenated alkanes) is 2. The van der Waals surface area contributed by atoms with Gasteiger partial charge in [-0.05, 0) is 26.7 Å². The van der Waals surface area contributed by atoms with E-state index in [2.05, 4.69) is 17.0 Å². The molecule has 0 aliphatic heterocycles. The molecule has 1 heterocycles. The quantitative estimate of drug-likeness (QED) is 0.597. The highest BCUT2D eigenvalue weighted by molar-refractivity contribution is 7.88. The predicted molar refractivity (Wildman–Crippen MR) is 92.3 cm³/mol. The SMILES string of the molecule is CCCCCN(CCC)S(=O)(=O)c1ncn(C(=O)N(CC)CC)n1. The fraction of sp³-hybridized carbons (Fsp3) is 0.800. The summed E-state index contributed by atoms with van der Waals surface area (Å²) in [6.07, 6.45) is 4.67. The van der Waals surface area contributed by atoms with Crippen LogP contribution in [0, 0.1) is 0 Å². The third-order valence-corrected chi connectivity index (χ3v) is 5.45. The highest BCUT2D eigenvalue weighted by Gasteiger charge is 2.28. The molecule has 138 valence electrons. The van der Waals surface area contributed by atoms with E-state index in [0.717, 1.165) is 23.9 Å². The number of nitrogens with zero attached hydrogens (tertiary/aromatic N) is 5. The molecule has 0 unspecified atom stereocenters. The van der Waals surface area contributed by atoms with Crippen molar-refractivity contribution in [1.29, 1.82) is 0 Å². The zero-order valence-electron chi connectivity index (χ0n) is 15.1. The lowest BCUT2D eigenvalue weighted by molar-refractivity contribution is 0.201. The largest absolute Gasteiger partial charge is 0.346 e. The first kappa shape index (κ1) is 20.6. The zero-order valence-corrected chi connectivity index (χ0v) is 15.9. The van der Waals surface area contributed by atoms with Gasteiger partial charge in [-0.1, -0.05) is 26.7 Å². The van der Waals surface area contributed by atoms with E-state index in [-0.39, 0.29) is 11.2 Å². The summed E-state index contributed by atoms with van der Waals surface area (Å²) in [5, 5.41) is 3.60. The maximum atomic E-state index is 12.7. The Morgan fingerprint density at radius 2 is 1.75 bits per heavy atom. The molecule has 1 rings (SSSR count). The number of aromatic nitrogens is 3. The van der Waals surface area contributed by atoms with Crippen molar-refractivity contribution in [2.24, 2.45) is 0 Å². The molecule has 1 aromatic rings. The molecule has 0 saturated carbocycles. The van der Waals surface area contributed by atoms with Gasteiger partial charge in [0.15, 0.2) is 0 Å². The van der Waals surface area contributed by atoms with Gasteiger partial charge in [0.05, 0.1) is 0 Å². The summed E-state index contributed by atoms with van der Waals surface area (Å²) < 4.78 is 27.9. The van der Waals surface area contributed by atoms with E-state index < -0.39 is 10.0 Å². The zero-order chi connectivity index (χ0) is 18.2. The Bertz CT molecular complexity index is 610. The molecule has 0 bridgehead atoms. The molecule has 0 radical (unpaired) electrons. The molecule has 1 amide bonds. The van der Waals surface area contributed by atoms with Gasteiger partial charge in [0.1, 0.15) is 6.33 Å². The van der Waals surface area contributed by atoms with Crippen LogP contribution in [0.25, 0.3) is 0 Å². The maximum Gasteiger partial charge on any atom is 0.346 e. The van der Waals surface area contributed by atoms with Gasteiger partial charge >= 0.3 is 6.03 Å². The first-order chi connectivity index (χ1) is 11.4. The van der Waals surface area contributed by atoms with Crippen LogP contribution >= 0.6 is 0 Å². The van der Waals surface area contributed by atoms with Crippen LogP contribution in [0.4, 0.5) is 4.79 Å². The molecule has 9 heteroatoms. The standard InChI is InChI=1S/C15H29N5O3S/c1-5-9-10-12-19(11-6-2)24(22,23)14-16-13-20(17-14)15(21)18(7-3)8-4/h13H,5-12H2,1-4H3. The molecule has 0 aliphatic rings. The second-order valence-corrected chi connectivity index (χ2v) is 7.37. The molecular weight excluding hydrogens is 330 g/mol. The molecule has 8 nitrogen and oxygen atoms in total. The van der Waals surface area contributed by atoms with Gasteiger partial charge in [-0.15, -0.1) is 5.10 Å². The number of carbonyl (C=O) groups is 1. The summed E-state index contributed by atoms with van der Waals surface area (Å²) in [6, 6.07) is -0.373. The molecule has 0 fully saturated rings. The lowest BCUT2D eigenvalue weighted by Crippen LogP contribution is -2.35. The Kier molecular flexibility index (Phi) is 8.34. The van der Waals surface area contributed by atoms with Crippen molar-refractivity contribution in [2.75, 3.05) is 26.2 Å². The van der Waals surface area contributed by atoms with Crippen LogP contribution in [0.3, 0.4) is 0 Å². The highest BCUT2D eigenvalue weighted by Crippen LogP contribution is 2.13. The van der Waals surface area contributed by atoms with Gasteiger partial charge in [-0.25, -0.2) is 18.2 Å². The fourth-order valence-electron chi connectivity index (χ4n) is 2.35. The van der Waals surface area contributed by atoms with Crippen LogP contribution in [0.2, 0.25) is 0 Å². The Hall–Kier alpha value is -1.48. The number of hydrogen-bond acceptors (Lipinski definition) is 5. The number of amides is 1. The van der Waals surface area contributed by atoms with Gasteiger partial charge < -0.3 is 4.90 Å². The summed E-state index contributed by atoms with van der Waals surface area (Å²) in [7, 11) is -3.78. The van der Waals surface area contributed by atoms with Crippen LogP contribution in [0.1, 0.15) is 53.4 Å². The Labute approximate surface area is 144 Å². The number of hydrogen-bond donors (Lipinski definition) is 0. The predicted octanol–water partition coefficient (Wildman–Crippen LogP) is 2.18. The van der Waals surface area contributed by atoms with Crippen LogP contribution in [0.15, 0.2) is 11.5 Å². The first-order valence-corrected chi connectivity index (χ1v) is 10.1. The van der Waals surface area contributed by atoms with Crippen molar-refractivity contribution in [3.63, 3.8) is 0 Å². The van der Waals surface area contributed by atoms with E-state index in [1.54, 1.807) is 4.90 Å². The van der Waals surface area contributed by atoms with E-state index in [1.165, 1.54) is 10.6 Å². The lowest BCUT2D eigenvalue weighted by Gasteiger charge is -2.19. The second kappa shape index (κ2) is 9.73. The fourth-order valence-corrected chi connectivity index (χ4v) is 3.75. The van der Waals surface area contributed by atoms with Gasteiger partial charge in [0.2, 0.25) is 0 Å². The topological polar surface area (TPSA) is 88.4 Å². The van der Waals surface area contributed by atoms with Gasteiger partial charge in [-0.3, -0.25) is 0 Å². The van der Waals surface area contributed by atoms with Crippen molar-refractivity contribution < 1.29 is 13.2 Å². The minimum Gasteiger partial charge on any atom is -0.323 e. The van der Waals surface area contributed by atoms with E-state index in [4.69, 9.17) is 0 Å². The average Bonchev–Trinajstić information content (AvgIpc) is 3.06. The molecular formula is C15H29N5O3S. The molecule has 1 aromatic heterocycles. The summed E-state index contributed by atoms with van der Waals surface area (Å²) in [5.41, 5.74) is 0. The number of carbonyl (C=O) groups excluding carboxylic acids is 1. The smallest absolute Gasteiger partial charge is 0.323 e. The van der Waals surface area contributed by atoms with Crippen LogP contribution in [-0.2, 0) is 10.0 Å². The van der Waals surface area contributed by atoms with Gasteiger partial charge in [0.25, 0.3) is 15.2 Å². The van der Waals surface area contributed by atoms with Crippen molar-refractivity contribution >= 4 is 16.1 Å². The normalized spacial score (nSPS) is 11.9. The van der Waals surface area contributed by atoms with Crippen molar-refractivity contribution in [1.82, 2.24) is 24.0 Å². The summed E-state index contributed by atoms with van der Waals surface area (Å²) in [5.74, 6) is 0. The third-order valence-electron chi connectivity index (χ3n) is 3.76. The van der Waals surface area contributed by atoms with Crippen molar-refractivity contribution in [3.05, 3.63) is 6.33 Å². The van der Waals surface area contributed by atoms with Crippen LogP contribution in [-0.4, -0.2) is 64.6 Å². The average molecular weight is 359 g/mol. The van der Waals surface area contributed by atoms with E-state index >= 15 is 0 Å². The maximum absolute atomic E-state index is 12.7. The third kappa shape index (κ3) is 5.01. The monoisotopic (exact) mass is 359 g/mol.